The van der Waals surface area contributed by atoms with Gasteiger partial charge in [-0.3, -0.25) is 0 Å². The lowest BCUT2D eigenvalue weighted by atomic mass is 9.31. The predicted molar refractivity (Wildman–Crippen MR) is 187 cm³/mol. The molecule has 5 rings (SSSR count). The highest BCUT2D eigenvalue weighted by atomic mass is 15.1. The zero-order chi connectivity index (χ0) is 32.5. The zero-order valence-corrected chi connectivity index (χ0v) is 28.5. The van der Waals surface area contributed by atoms with E-state index in [0.717, 1.165) is 65.5 Å². The van der Waals surface area contributed by atoms with E-state index in [4.69, 9.17) is 12.3 Å². The maximum atomic E-state index is 10.5. The molecule has 0 aliphatic heterocycles. The minimum absolute atomic E-state index is 0.0927. The van der Waals surface area contributed by atoms with Gasteiger partial charge >= 0.3 is 0 Å². The third-order valence-corrected chi connectivity index (χ3v) is 12.0. The Hall–Kier alpha value is -3.69. The Bertz CT molecular complexity index is 1690. The van der Waals surface area contributed by atoms with E-state index in [1.165, 1.54) is 46.4 Å². The maximum absolute atomic E-state index is 10.5. The number of allylic oxidation sites excluding steroid dienone is 6. The summed E-state index contributed by atoms with van der Waals surface area (Å²) in [6.45, 7) is 31.7. The summed E-state index contributed by atoms with van der Waals surface area (Å²) in [5.41, 5.74) is 19.6. The molecule has 4 aliphatic rings. The topological polar surface area (TPSA) is 53.0 Å². The van der Waals surface area contributed by atoms with Crippen molar-refractivity contribution in [3.05, 3.63) is 93.8 Å². The number of anilines is 1. The SMILES string of the molecule is C=C(C#Cc1cc(N(C)C)c2c(c1C)C(=C)C1=C(C)[C@]3(C)C(=C)C(C(=C)N)=C(C#N)[C@H]4C(C)C[C@]43C[C@]1(C)C2)CCCCC. The molecule has 1 saturated carbocycles. The lowest BCUT2D eigenvalue weighted by Crippen LogP contribution is -2.65. The van der Waals surface area contributed by atoms with Gasteiger partial charge < -0.3 is 10.6 Å². The van der Waals surface area contributed by atoms with Crippen LogP contribution >= 0.6 is 0 Å². The molecule has 0 radical (unpaired) electrons. The van der Waals surface area contributed by atoms with Gasteiger partial charge in [0.25, 0.3) is 0 Å². The van der Waals surface area contributed by atoms with Crippen LogP contribution in [0.5, 0.6) is 0 Å². The van der Waals surface area contributed by atoms with Gasteiger partial charge in [-0.15, -0.1) is 0 Å². The first kappa shape index (κ1) is 31.7. The largest absolute Gasteiger partial charge is 0.399 e. The van der Waals surface area contributed by atoms with Gasteiger partial charge in [-0.2, -0.15) is 5.26 Å². The van der Waals surface area contributed by atoms with Crippen LogP contribution in [-0.2, 0) is 6.42 Å². The fourth-order valence-electron chi connectivity index (χ4n) is 10.1. The molecule has 5 atom stereocenters. The fraction of sp³-hybridized carbons (Fsp3) is 0.488. The summed E-state index contributed by atoms with van der Waals surface area (Å²) in [7, 11) is 4.26. The van der Waals surface area contributed by atoms with E-state index in [2.05, 4.69) is 104 Å². The number of hydrogen-bond acceptors (Lipinski definition) is 3. The van der Waals surface area contributed by atoms with Crippen molar-refractivity contribution < 1.29 is 0 Å². The molecule has 1 spiro atoms. The Kier molecular flexibility index (Phi) is 7.74. The highest BCUT2D eigenvalue weighted by molar-refractivity contribution is 5.90. The molecule has 4 aliphatic carbocycles. The van der Waals surface area contributed by atoms with Crippen LogP contribution in [0.1, 0.15) is 95.4 Å². The van der Waals surface area contributed by atoms with Gasteiger partial charge in [0.1, 0.15) is 0 Å². The number of nitriles is 1. The Labute approximate surface area is 267 Å². The first-order valence-corrected chi connectivity index (χ1v) is 16.3. The second-order valence-corrected chi connectivity index (χ2v) is 14.9. The molecule has 2 N–H and O–H groups in total. The van der Waals surface area contributed by atoms with Crippen molar-refractivity contribution in [2.24, 2.45) is 33.8 Å². The summed E-state index contributed by atoms with van der Waals surface area (Å²) in [4.78, 5) is 2.23. The number of nitrogens with zero attached hydrogens (tertiary/aromatic N) is 2. The molecular formula is C41H51N3. The predicted octanol–water partition coefficient (Wildman–Crippen LogP) is 9.36. The van der Waals surface area contributed by atoms with Crippen LogP contribution in [0, 0.1) is 58.2 Å². The molecule has 3 heteroatoms. The van der Waals surface area contributed by atoms with E-state index in [-0.39, 0.29) is 22.2 Å². The summed E-state index contributed by atoms with van der Waals surface area (Å²) in [5, 5.41) is 10.5. The molecule has 1 fully saturated rings. The summed E-state index contributed by atoms with van der Waals surface area (Å²) in [6, 6.07) is 4.86. The molecule has 44 heavy (non-hydrogen) atoms. The molecule has 0 bridgehead atoms. The molecule has 0 aromatic heterocycles. The zero-order valence-electron chi connectivity index (χ0n) is 28.5. The fourth-order valence-corrected chi connectivity index (χ4v) is 10.1. The van der Waals surface area contributed by atoms with E-state index < -0.39 is 0 Å². The average Bonchev–Trinajstić information content (AvgIpc) is 2.93. The smallest absolute Gasteiger partial charge is 0.0957 e. The van der Waals surface area contributed by atoms with Crippen LogP contribution in [0.3, 0.4) is 0 Å². The van der Waals surface area contributed by atoms with Crippen molar-refractivity contribution in [1.29, 1.82) is 5.26 Å². The second kappa shape index (κ2) is 10.7. The van der Waals surface area contributed by atoms with Gasteiger partial charge in [-0.1, -0.05) is 84.3 Å². The third kappa shape index (κ3) is 4.15. The Morgan fingerprint density at radius 1 is 1.16 bits per heavy atom. The molecule has 230 valence electrons. The molecule has 1 aromatic carbocycles. The highest BCUT2D eigenvalue weighted by Crippen LogP contribution is 2.78. The number of hydrogen-bond donors (Lipinski definition) is 1. The van der Waals surface area contributed by atoms with Crippen molar-refractivity contribution >= 4 is 11.3 Å². The molecule has 0 saturated heterocycles. The van der Waals surface area contributed by atoms with Crippen LogP contribution < -0.4 is 10.6 Å². The van der Waals surface area contributed by atoms with Gasteiger partial charge in [-0.25, -0.2) is 0 Å². The van der Waals surface area contributed by atoms with Gasteiger partial charge in [-0.05, 0) is 108 Å². The Morgan fingerprint density at radius 3 is 2.41 bits per heavy atom. The number of nitrogens with two attached hydrogens (primary N) is 1. The number of unbranched alkanes of at least 4 members (excludes halogenated alkanes) is 2. The van der Waals surface area contributed by atoms with Crippen LogP contribution in [0.4, 0.5) is 5.69 Å². The first-order valence-electron chi connectivity index (χ1n) is 16.3. The summed E-state index contributed by atoms with van der Waals surface area (Å²) in [6.07, 6.45) is 7.46. The summed E-state index contributed by atoms with van der Waals surface area (Å²) < 4.78 is 0. The van der Waals surface area contributed by atoms with Crippen LogP contribution in [0.15, 0.2) is 71.5 Å². The van der Waals surface area contributed by atoms with Crippen LogP contribution in [-0.4, -0.2) is 14.1 Å². The normalized spacial score (nSPS) is 30.2. The Balaban J connectivity index is 1.72. The standard InChI is InChI=1S/C41H51N3/c1-13-14-15-16-24(2)17-18-31-19-34(44(11)12)32-21-39(9)23-41-20-25(3)37(41)33(22-42)36(30(8)43)28(6)40(41,10)29(7)38(39)27(5)35(32)26(31)4/h19,25,37H,2,5-6,8,13-16,20-21,23,43H2,1,3-4,7,9-12H3/t25?,37-,39+,40+,41+/m1/s1. The molecule has 1 aromatic rings. The van der Waals surface area contributed by atoms with E-state index >= 15 is 0 Å². The van der Waals surface area contributed by atoms with E-state index in [0.29, 0.717) is 11.6 Å². The maximum Gasteiger partial charge on any atom is 0.0957 e. The van der Waals surface area contributed by atoms with Gasteiger partial charge in [0, 0.05) is 53.5 Å². The first-order chi connectivity index (χ1) is 20.6. The molecular weight excluding hydrogens is 534 g/mol. The minimum Gasteiger partial charge on any atom is -0.399 e. The van der Waals surface area contributed by atoms with Crippen molar-refractivity contribution in [3.63, 3.8) is 0 Å². The average molecular weight is 586 g/mol. The van der Waals surface area contributed by atoms with E-state index in [9.17, 15) is 5.26 Å². The third-order valence-electron chi connectivity index (χ3n) is 12.0. The van der Waals surface area contributed by atoms with Crippen LogP contribution in [0.2, 0.25) is 0 Å². The van der Waals surface area contributed by atoms with Crippen LogP contribution in [0.25, 0.3) is 5.57 Å². The Morgan fingerprint density at radius 2 is 1.84 bits per heavy atom. The van der Waals surface area contributed by atoms with Gasteiger partial charge in [0.15, 0.2) is 0 Å². The van der Waals surface area contributed by atoms with Gasteiger partial charge in [0.2, 0.25) is 0 Å². The quantitative estimate of drug-likeness (QED) is 0.267. The van der Waals surface area contributed by atoms with Crippen molar-refractivity contribution in [1.82, 2.24) is 0 Å². The highest BCUT2D eigenvalue weighted by Gasteiger charge is 2.71. The molecule has 3 nitrogen and oxygen atoms in total. The molecule has 1 unspecified atom stereocenters. The summed E-state index contributed by atoms with van der Waals surface area (Å²) in [5.74, 6) is 7.43. The number of rotatable bonds is 6. The van der Waals surface area contributed by atoms with E-state index in [1.54, 1.807) is 0 Å². The number of fused-ring (bicyclic) bond motifs is 2. The second-order valence-electron chi connectivity index (χ2n) is 14.9. The lowest BCUT2D eigenvalue weighted by molar-refractivity contribution is -0.121. The monoisotopic (exact) mass is 585 g/mol. The van der Waals surface area contributed by atoms with E-state index in [1.807, 2.05) is 0 Å². The molecule has 0 amide bonds. The van der Waals surface area contributed by atoms with Crippen molar-refractivity contribution in [2.45, 2.75) is 86.5 Å². The minimum atomic E-state index is -0.344. The van der Waals surface area contributed by atoms with Gasteiger partial charge in [0.05, 0.1) is 6.07 Å². The lowest BCUT2D eigenvalue weighted by Gasteiger charge is -2.71. The number of benzene rings is 1. The summed E-state index contributed by atoms with van der Waals surface area (Å²) >= 11 is 0. The van der Waals surface area contributed by atoms with Crippen molar-refractivity contribution in [3.8, 4) is 17.9 Å². The molecule has 0 heterocycles. The van der Waals surface area contributed by atoms with Crippen molar-refractivity contribution in [2.75, 3.05) is 19.0 Å².